The summed E-state index contributed by atoms with van der Waals surface area (Å²) in [6.07, 6.45) is -4.80. The molecule has 0 radical (unpaired) electrons. The summed E-state index contributed by atoms with van der Waals surface area (Å²) in [7, 11) is 0. The zero-order valence-electron chi connectivity index (χ0n) is 10.6. The highest BCUT2D eigenvalue weighted by atomic mass is 19.4. The van der Waals surface area contributed by atoms with E-state index in [1.54, 1.807) is 0 Å². The molecule has 1 rings (SSSR count). The average Bonchev–Trinajstić information content (AvgIpc) is 2.37. The lowest BCUT2D eigenvalue weighted by atomic mass is 10.0. The van der Waals surface area contributed by atoms with Crippen molar-refractivity contribution < 1.29 is 32.9 Å². The first-order valence-electron chi connectivity index (χ1n) is 5.59. The molecule has 0 aliphatic heterocycles. The van der Waals surface area contributed by atoms with Gasteiger partial charge in [0.15, 0.2) is 0 Å². The number of carbonyl (C=O) groups excluding carboxylic acids is 1. The second kappa shape index (κ2) is 6.10. The standard InChI is InChI=1S/C12H14F3NO4/c1-11(6-17,7-18)16-10(19)8-2-4-9(5-3-8)20-12(13,14)15/h2-5,17-18H,6-7H2,1H3,(H,16,19). The molecule has 5 nitrogen and oxygen atoms in total. The molecular formula is C12H14F3NO4. The van der Waals surface area contributed by atoms with Gasteiger partial charge in [0.1, 0.15) is 5.75 Å². The lowest BCUT2D eigenvalue weighted by Gasteiger charge is -2.26. The number of alkyl halides is 3. The van der Waals surface area contributed by atoms with Crippen molar-refractivity contribution in [1.29, 1.82) is 0 Å². The second-order valence-corrected chi connectivity index (χ2v) is 4.40. The predicted molar refractivity (Wildman–Crippen MR) is 63.2 cm³/mol. The minimum atomic E-state index is -4.80. The topological polar surface area (TPSA) is 78.8 Å². The lowest BCUT2D eigenvalue weighted by molar-refractivity contribution is -0.274. The molecule has 0 aliphatic carbocycles. The Morgan fingerprint density at radius 2 is 1.70 bits per heavy atom. The molecule has 0 unspecified atom stereocenters. The average molecular weight is 293 g/mol. The summed E-state index contributed by atoms with van der Waals surface area (Å²) >= 11 is 0. The Morgan fingerprint density at radius 3 is 2.10 bits per heavy atom. The molecule has 0 bridgehead atoms. The van der Waals surface area contributed by atoms with E-state index in [1.807, 2.05) is 0 Å². The molecule has 0 heterocycles. The molecule has 0 saturated heterocycles. The summed E-state index contributed by atoms with van der Waals surface area (Å²) < 4.78 is 39.5. The van der Waals surface area contributed by atoms with Gasteiger partial charge in [0, 0.05) is 5.56 Å². The number of benzene rings is 1. The van der Waals surface area contributed by atoms with Gasteiger partial charge < -0.3 is 20.3 Å². The van der Waals surface area contributed by atoms with Crippen molar-refractivity contribution in [1.82, 2.24) is 5.32 Å². The van der Waals surface area contributed by atoms with Crippen LogP contribution >= 0.6 is 0 Å². The Balaban J connectivity index is 2.76. The maximum absolute atomic E-state index is 12.0. The molecule has 0 aromatic heterocycles. The summed E-state index contributed by atoms with van der Waals surface area (Å²) in [6.45, 7) is 0.459. The van der Waals surface area contributed by atoms with Crippen LogP contribution in [0.5, 0.6) is 5.75 Å². The Bertz CT molecular complexity index is 455. The van der Waals surface area contributed by atoms with E-state index in [-0.39, 0.29) is 5.56 Å². The van der Waals surface area contributed by atoms with Gasteiger partial charge in [-0.1, -0.05) is 0 Å². The van der Waals surface area contributed by atoms with Crippen LogP contribution in [-0.2, 0) is 0 Å². The van der Waals surface area contributed by atoms with E-state index in [4.69, 9.17) is 10.2 Å². The largest absolute Gasteiger partial charge is 0.573 e. The van der Waals surface area contributed by atoms with Crippen molar-refractivity contribution in [2.45, 2.75) is 18.8 Å². The third-order valence-corrected chi connectivity index (χ3v) is 2.46. The molecular weight excluding hydrogens is 279 g/mol. The zero-order valence-corrected chi connectivity index (χ0v) is 10.6. The van der Waals surface area contributed by atoms with Gasteiger partial charge in [-0.25, -0.2) is 0 Å². The van der Waals surface area contributed by atoms with Gasteiger partial charge >= 0.3 is 6.36 Å². The van der Waals surface area contributed by atoms with Crippen molar-refractivity contribution >= 4 is 5.91 Å². The monoisotopic (exact) mass is 293 g/mol. The Morgan fingerprint density at radius 1 is 1.20 bits per heavy atom. The summed E-state index contributed by atoms with van der Waals surface area (Å²) in [5.74, 6) is -1.07. The third kappa shape index (κ3) is 4.71. The maximum Gasteiger partial charge on any atom is 0.573 e. The number of aliphatic hydroxyl groups is 2. The van der Waals surface area contributed by atoms with Crippen molar-refractivity contribution in [3.8, 4) is 5.75 Å². The van der Waals surface area contributed by atoms with E-state index in [1.165, 1.54) is 6.92 Å². The van der Waals surface area contributed by atoms with Crippen LogP contribution in [-0.4, -0.2) is 41.2 Å². The molecule has 1 amide bonds. The molecule has 0 aliphatic rings. The van der Waals surface area contributed by atoms with Gasteiger partial charge in [-0.3, -0.25) is 4.79 Å². The molecule has 1 aromatic carbocycles. The Kier molecular flexibility index (Phi) is 4.96. The van der Waals surface area contributed by atoms with Crippen LogP contribution in [0.3, 0.4) is 0 Å². The molecule has 0 spiro atoms. The van der Waals surface area contributed by atoms with Crippen LogP contribution in [0.1, 0.15) is 17.3 Å². The number of hydrogen-bond donors (Lipinski definition) is 3. The number of aliphatic hydroxyl groups excluding tert-OH is 2. The fraction of sp³-hybridized carbons (Fsp3) is 0.417. The summed E-state index contributed by atoms with van der Waals surface area (Å²) in [4.78, 5) is 11.8. The predicted octanol–water partition coefficient (Wildman–Crippen LogP) is 1.06. The van der Waals surface area contributed by atoms with E-state index < -0.39 is 36.8 Å². The van der Waals surface area contributed by atoms with Crippen LogP contribution in [0.2, 0.25) is 0 Å². The molecule has 0 fully saturated rings. The maximum atomic E-state index is 12.0. The highest BCUT2D eigenvalue weighted by Gasteiger charge is 2.31. The first-order chi connectivity index (χ1) is 9.19. The van der Waals surface area contributed by atoms with Gasteiger partial charge in [-0.05, 0) is 31.2 Å². The zero-order chi connectivity index (χ0) is 15.4. The number of hydrogen-bond acceptors (Lipinski definition) is 4. The molecule has 0 saturated carbocycles. The fourth-order valence-electron chi connectivity index (χ4n) is 1.28. The van der Waals surface area contributed by atoms with Gasteiger partial charge in [0.25, 0.3) is 5.91 Å². The number of amides is 1. The van der Waals surface area contributed by atoms with Crippen LogP contribution < -0.4 is 10.1 Å². The molecule has 20 heavy (non-hydrogen) atoms. The minimum absolute atomic E-state index is 0.0765. The van der Waals surface area contributed by atoms with E-state index >= 15 is 0 Å². The summed E-state index contributed by atoms with van der Waals surface area (Å²) in [6, 6.07) is 4.28. The lowest BCUT2D eigenvalue weighted by Crippen LogP contribution is -2.51. The van der Waals surface area contributed by atoms with Crippen LogP contribution in [0.15, 0.2) is 24.3 Å². The Labute approximate surface area is 113 Å². The smallest absolute Gasteiger partial charge is 0.406 e. The highest BCUT2D eigenvalue weighted by molar-refractivity contribution is 5.94. The molecule has 3 N–H and O–H groups in total. The molecule has 112 valence electrons. The summed E-state index contributed by atoms with van der Waals surface area (Å²) in [5, 5.41) is 20.4. The number of nitrogens with one attached hydrogen (secondary N) is 1. The SMILES string of the molecule is CC(CO)(CO)NC(=O)c1ccc(OC(F)(F)F)cc1. The van der Waals surface area contributed by atoms with Gasteiger partial charge in [-0.15, -0.1) is 13.2 Å². The number of carbonyl (C=O) groups is 1. The summed E-state index contributed by atoms with van der Waals surface area (Å²) in [5.41, 5.74) is -1.13. The van der Waals surface area contributed by atoms with Crippen molar-refractivity contribution in [3.05, 3.63) is 29.8 Å². The van der Waals surface area contributed by atoms with E-state index in [9.17, 15) is 18.0 Å². The quantitative estimate of drug-likeness (QED) is 0.758. The van der Waals surface area contributed by atoms with E-state index in [2.05, 4.69) is 10.1 Å². The third-order valence-electron chi connectivity index (χ3n) is 2.46. The van der Waals surface area contributed by atoms with Gasteiger partial charge in [-0.2, -0.15) is 0 Å². The van der Waals surface area contributed by atoms with Crippen molar-refractivity contribution in [2.24, 2.45) is 0 Å². The molecule has 0 atom stereocenters. The molecule has 1 aromatic rings. The van der Waals surface area contributed by atoms with E-state index in [0.717, 1.165) is 24.3 Å². The van der Waals surface area contributed by atoms with Gasteiger partial charge in [0.2, 0.25) is 0 Å². The Hall–Kier alpha value is -1.80. The van der Waals surface area contributed by atoms with Crippen LogP contribution in [0, 0.1) is 0 Å². The fourth-order valence-corrected chi connectivity index (χ4v) is 1.28. The second-order valence-electron chi connectivity index (χ2n) is 4.40. The number of halogens is 3. The highest BCUT2D eigenvalue weighted by Crippen LogP contribution is 2.22. The van der Waals surface area contributed by atoms with Crippen LogP contribution in [0.4, 0.5) is 13.2 Å². The normalized spacial score (nSPS) is 12.1. The van der Waals surface area contributed by atoms with Crippen molar-refractivity contribution in [3.63, 3.8) is 0 Å². The number of ether oxygens (including phenoxy) is 1. The number of rotatable bonds is 5. The first kappa shape index (κ1) is 16.3. The van der Waals surface area contributed by atoms with Crippen molar-refractivity contribution in [2.75, 3.05) is 13.2 Å². The minimum Gasteiger partial charge on any atom is -0.406 e. The van der Waals surface area contributed by atoms with E-state index in [0.29, 0.717) is 0 Å². The van der Waals surface area contributed by atoms with Gasteiger partial charge in [0.05, 0.1) is 18.8 Å². The molecule has 8 heteroatoms. The first-order valence-corrected chi connectivity index (χ1v) is 5.59. The van der Waals surface area contributed by atoms with Crippen LogP contribution in [0.25, 0.3) is 0 Å².